The molecule has 4 aromatic carbocycles. The molecule has 36 heavy (non-hydrogen) atoms. The molecule has 0 aliphatic rings. The van der Waals surface area contributed by atoms with Crippen molar-refractivity contribution in [3.05, 3.63) is 110 Å². The lowest BCUT2D eigenvalue weighted by molar-refractivity contribution is -0.118. The zero-order valence-corrected chi connectivity index (χ0v) is 23.3. The second-order valence-electron chi connectivity index (χ2n) is 7.98. The third-order valence-corrected chi connectivity index (χ3v) is 6.78. The molecule has 0 spiro atoms. The lowest BCUT2D eigenvalue weighted by atomic mass is 10.2. The summed E-state index contributed by atoms with van der Waals surface area (Å²) in [5.41, 5.74) is 3.57. The molecule has 1 amide bonds. The molecule has 4 aromatic rings. The minimum atomic E-state index is -0.279. The number of nitrogens with one attached hydrogen (secondary N) is 2. The van der Waals surface area contributed by atoms with E-state index in [1.807, 2.05) is 79.7 Å². The fourth-order valence-corrected chi connectivity index (χ4v) is 5.02. The summed E-state index contributed by atoms with van der Waals surface area (Å²) in [6.45, 7) is 2.37. The number of para-hydroxylation sites is 1. The fraction of sp³-hybridized carbons (Fsp3) is 0.107. The van der Waals surface area contributed by atoms with Crippen LogP contribution in [-0.2, 0) is 11.3 Å². The lowest BCUT2D eigenvalue weighted by Gasteiger charge is -2.14. The van der Waals surface area contributed by atoms with E-state index in [0.717, 1.165) is 37.3 Å². The highest BCUT2D eigenvalue weighted by Crippen LogP contribution is 2.35. The molecule has 0 atom stereocenters. The van der Waals surface area contributed by atoms with Crippen LogP contribution < -0.4 is 20.1 Å². The Morgan fingerprint density at radius 1 is 0.861 bits per heavy atom. The number of benzene rings is 4. The standard InChI is InChI=1S/C28H23Br2ClN2O3/c1-18-7-8-21(15-26(18)31)33-27(34)17-35-28-24(29)13-19(14-25(28)30)16-32-20-9-11-23(12-10-20)36-22-5-3-2-4-6-22/h2-15,32H,16-17H2,1H3,(H,33,34). The molecule has 8 heteroatoms. The van der Waals surface area contributed by atoms with E-state index in [9.17, 15) is 4.79 Å². The summed E-state index contributed by atoms with van der Waals surface area (Å²) in [6.07, 6.45) is 0. The maximum Gasteiger partial charge on any atom is 0.262 e. The van der Waals surface area contributed by atoms with Crippen molar-refractivity contribution in [2.45, 2.75) is 13.5 Å². The number of anilines is 2. The minimum Gasteiger partial charge on any atom is -0.481 e. The van der Waals surface area contributed by atoms with Gasteiger partial charge in [-0.2, -0.15) is 0 Å². The summed E-state index contributed by atoms with van der Waals surface area (Å²) in [6, 6.07) is 26.7. The van der Waals surface area contributed by atoms with E-state index in [0.29, 0.717) is 23.0 Å². The third kappa shape index (κ3) is 7.26. The molecular formula is C28H23Br2ClN2O3. The van der Waals surface area contributed by atoms with Crippen molar-refractivity contribution in [2.24, 2.45) is 0 Å². The quantitative estimate of drug-likeness (QED) is 0.195. The predicted octanol–water partition coefficient (Wildman–Crippen LogP) is 8.60. The van der Waals surface area contributed by atoms with Crippen molar-refractivity contribution in [3.8, 4) is 17.2 Å². The van der Waals surface area contributed by atoms with E-state index >= 15 is 0 Å². The first-order valence-corrected chi connectivity index (χ1v) is 13.1. The van der Waals surface area contributed by atoms with E-state index in [1.54, 1.807) is 12.1 Å². The average Bonchev–Trinajstić information content (AvgIpc) is 2.86. The predicted molar refractivity (Wildman–Crippen MR) is 152 cm³/mol. The van der Waals surface area contributed by atoms with Gasteiger partial charge in [-0.25, -0.2) is 0 Å². The second kappa shape index (κ2) is 12.3. The molecule has 5 nitrogen and oxygen atoms in total. The Hall–Kier alpha value is -3.00. The van der Waals surface area contributed by atoms with Crippen LogP contribution in [0.1, 0.15) is 11.1 Å². The molecule has 184 valence electrons. The van der Waals surface area contributed by atoms with Gasteiger partial charge in [0, 0.05) is 22.9 Å². The highest BCUT2D eigenvalue weighted by molar-refractivity contribution is 9.11. The van der Waals surface area contributed by atoms with Gasteiger partial charge in [-0.15, -0.1) is 0 Å². The van der Waals surface area contributed by atoms with Gasteiger partial charge in [-0.05, 0) is 111 Å². The molecule has 0 heterocycles. The number of halogens is 3. The van der Waals surface area contributed by atoms with Crippen LogP contribution in [0.15, 0.2) is 93.9 Å². The summed E-state index contributed by atoms with van der Waals surface area (Å²) >= 11 is 13.2. The second-order valence-corrected chi connectivity index (χ2v) is 10.1. The highest BCUT2D eigenvalue weighted by Gasteiger charge is 2.12. The van der Waals surface area contributed by atoms with Crippen molar-refractivity contribution in [3.63, 3.8) is 0 Å². The summed E-state index contributed by atoms with van der Waals surface area (Å²) in [7, 11) is 0. The average molecular weight is 631 g/mol. The number of hydrogen-bond donors (Lipinski definition) is 2. The first-order valence-electron chi connectivity index (χ1n) is 11.1. The van der Waals surface area contributed by atoms with Crippen LogP contribution in [0.5, 0.6) is 17.2 Å². The monoisotopic (exact) mass is 628 g/mol. The largest absolute Gasteiger partial charge is 0.481 e. The van der Waals surface area contributed by atoms with Gasteiger partial charge in [0.15, 0.2) is 6.61 Å². The van der Waals surface area contributed by atoms with Crippen molar-refractivity contribution in [1.82, 2.24) is 0 Å². The van der Waals surface area contributed by atoms with Crippen LogP contribution in [0.2, 0.25) is 5.02 Å². The maximum absolute atomic E-state index is 12.3. The number of amides is 1. The molecule has 0 aliphatic heterocycles. The molecule has 4 rings (SSSR count). The Morgan fingerprint density at radius 3 is 2.17 bits per heavy atom. The van der Waals surface area contributed by atoms with Crippen LogP contribution in [0, 0.1) is 6.92 Å². The van der Waals surface area contributed by atoms with E-state index in [4.69, 9.17) is 21.1 Å². The molecule has 0 saturated heterocycles. The number of rotatable bonds is 9. The normalized spacial score (nSPS) is 10.6. The number of carbonyl (C=O) groups is 1. The fourth-order valence-electron chi connectivity index (χ4n) is 3.33. The molecule has 0 aliphatic carbocycles. The van der Waals surface area contributed by atoms with Crippen LogP contribution in [0.3, 0.4) is 0 Å². The molecule has 0 bridgehead atoms. The molecular weight excluding hydrogens is 608 g/mol. The van der Waals surface area contributed by atoms with Gasteiger partial charge in [0.2, 0.25) is 0 Å². The first kappa shape index (κ1) is 26.1. The number of ether oxygens (including phenoxy) is 2. The highest BCUT2D eigenvalue weighted by atomic mass is 79.9. The van der Waals surface area contributed by atoms with Crippen molar-refractivity contribution in [1.29, 1.82) is 0 Å². The molecule has 0 saturated carbocycles. The summed E-state index contributed by atoms with van der Waals surface area (Å²) in [4.78, 5) is 12.3. The topological polar surface area (TPSA) is 59.6 Å². The molecule has 0 radical (unpaired) electrons. The summed E-state index contributed by atoms with van der Waals surface area (Å²) < 4.78 is 13.1. The molecule has 0 aromatic heterocycles. The Balaban J connectivity index is 1.30. The smallest absolute Gasteiger partial charge is 0.262 e. The van der Waals surface area contributed by atoms with E-state index in [1.165, 1.54) is 0 Å². The van der Waals surface area contributed by atoms with Crippen molar-refractivity contribution < 1.29 is 14.3 Å². The van der Waals surface area contributed by atoms with Gasteiger partial charge in [0.1, 0.15) is 17.2 Å². The maximum atomic E-state index is 12.3. The van der Waals surface area contributed by atoms with Gasteiger partial charge in [0.25, 0.3) is 5.91 Å². The van der Waals surface area contributed by atoms with Crippen LogP contribution >= 0.6 is 43.5 Å². The van der Waals surface area contributed by atoms with Gasteiger partial charge in [-0.1, -0.05) is 35.9 Å². The Bertz CT molecular complexity index is 1330. The molecule has 2 N–H and O–H groups in total. The third-order valence-electron chi connectivity index (χ3n) is 5.19. The van der Waals surface area contributed by atoms with Crippen LogP contribution in [-0.4, -0.2) is 12.5 Å². The summed E-state index contributed by atoms with van der Waals surface area (Å²) in [5, 5.41) is 6.78. The number of aryl methyl sites for hydroxylation is 1. The molecule has 0 fully saturated rings. The zero-order valence-electron chi connectivity index (χ0n) is 19.4. The van der Waals surface area contributed by atoms with E-state index in [2.05, 4.69) is 42.5 Å². The van der Waals surface area contributed by atoms with Gasteiger partial charge in [0.05, 0.1) is 8.95 Å². The Kier molecular flexibility index (Phi) is 8.91. The Morgan fingerprint density at radius 2 is 1.50 bits per heavy atom. The Labute approximate surface area is 232 Å². The van der Waals surface area contributed by atoms with Crippen molar-refractivity contribution in [2.75, 3.05) is 17.2 Å². The SMILES string of the molecule is Cc1ccc(NC(=O)COc2c(Br)cc(CNc3ccc(Oc4ccccc4)cc3)cc2Br)cc1Cl. The van der Waals surface area contributed by atoms with Crippen molar-refractivity contribution >= 4 is 60.7 Å². The van der Waals surface area contributed by atoms with Gasteiger partial charge >= 0.3 is 0 Å². The van der Waals surface area contributed by atoms with E-state index in [-0.39, 0.29) is 12.5 Å². The lowest BCUT2D eigenvalue weighted by Crippen LogP contribution is -2.20. The zero-order chi connectivity index (χ0) is 25.5. The van der Waals surface area contributed by atoms with Crippen LogP contribution in [0.4, 0.5) is 11.4 Å². The van der Waals surface area contributed by atoms with Gasteiger partial charge < -0.3 is 20.1 Å². The van der Waals surface area contributed by atoms with Crippen LogP contribution in [0.25, 0.3) is 0 Å². The minimum absolute atomic E-state index is 0.141. The molecule has 0 unspecified atom stereocenters. The van der Waals surface area contributed by atoms with Gasteiger partial charge in [-0.3, -0.25) is 4.79 Å². The first-order chi connectivity index (χ1) is 17.4. The number of carbonyl (C=O) groups excluding carboxylic acids is 1. The van der Waals surface area contributed by atoms with E-state index < -0.39 is 0 Å². The summed E-state index contributed by atoms with van der Waals surface area (Å²) in [5.74, 6) is 1.85. The number of hydrogen-bond acceptors (Lipinski definition) is 4.